The Labute approximate surface area is 169 Å². The maximum Gasteiger partial charge on any atom is 0.249 e. The van der Waals surface area contributed by atoms with E-state index in [2.05, 4.69) is 20.6 Å². The summed E-state index contributed by atoms with van der Waals surface area (Å²) in [7, 11) is 1.58. The van der Waals surface area contributed by atoms with Gasteiger partial charge in [0.05, 0.1) is 24.6 Å². The predicted molar refractivity (Wildman–Crippen MR) is 113 cm³/mol. The number of imidazole rings is 1. The van der Waals surface area contributed by atoms with E-state index in [1.807, 2.05) is 62.4 Å². The Kier molecular flexibility index (Phi) is 6.49. The summed E-state index contributed by atoms with van der Waals surface area (Å²) in [6.07, 6.45) is 0.694. The third-order valence-electron chi connectivity index (χ3n) is 4.49. The van der Waals surface area contributed by atoms with Crippen LogP contribution in [0.25, 0.3) is 11.0 Å². The van der Waals surface area contributed by atoms with Gasteiger partial charge >= 0.3 is 0 Å². The molecule has 3 aromatic rings. The van der Waals surface area contributed by atoms with Crippen molar-refractivity contribution in [3.63, 3.8) is 0 Å². The molecule has 2 amide bonds. The smallest absolute Gasteiger partial charge is 0.249 e. The summed E-state index contributed by atoms with van der Waals surface area (Å²) >= 11 is 0. The van der Waals surface area contributed by atoms with Gasteiger partial charge < -0.3 is 15.0 Å². The van der Waals surface area contributed by atoms with Gasteiger partial charge in [-0.2, -0.15) is 0 Å². The van der Waals surface area contributed by atoms with Crippen LogP contribution < -0.4 is 15.4 Å². The number of carbonyl (C=O) groups excluding carboxylic acids is 2. The van der Waals surface area contributed by atoms with Gasteiger partial charge in [-0.3, -0.25) is 14.9 Å². The van der Waals surface area contributed by atoms with E-state index in [1.165, 1.54) is 0 Å². The third kappa shape index (κ3) is 5.57. The van der Waals surface area contributed by atoms with Crippen LogP contribution >= 0.6 is 0 Å². The van der Waals surface area contributed by atoms with Crippen LogP contribution in [0, 0.1) is 5.92 Å². The predicted octanol–water partition coefficient (Wildman–Crippen LogP) is 3.28. The first-order valence-electron chi connectivity index (χ1n) is 9.62. The minimum atomic E-state index is -0.652. The first kappa shape index (κ1) is 20.4. The first-order valence-corrected chi connectivity index (χ1v) is 9.62. The number of para-hydroxylation sites is 2. The highest BCUT2D eigenvalue weighted by Crippen LogP contribution is 2.15. The van der Waals surface area contributed by atoms with Crippen LogP contribution in [0.15, 0.2) is 48.5 Å². The fourth-order valence-electron chi connectivity index (χ4n) is 3.13. The van der Waals surface area contributed by atoms with E-state index in [4.69, 9.17) is 4.74 Å². The second-order valence-corrected chi connectivity index (χ2v) is 7.37. The minimum Gasteiger partial charge on any atom is -0.497 e. The molecule has 3 rings (SSSR count). The van der Waals surface area contributed by atoms with Gasteiger partial charge in [0.2, 0.25) is 17.8 Å². The molecule has 0 bridgehead atoms. The van der Waals surface area contributed by atoms with Crippen molar-refractivity contribution in [1.82, 2.24) is 15.3 Å². The van der Waals surface area contributed by atoms with E-state index < -0.39 is 6.04 Å². The maximum atomic E-state index is 12.8. The van der Waals surface area contributed by atoms with E-state index in [9.17, 15) is 9.59 Å². The number of ether oxygens (including phenoxy) is 1. The van der Waals surface area contributed by atoms with Crippen LogP contribution in [-0.4, -0.2) is 34.9 Å². The Morgan fingerprint density at radius 3 is 2.66 bits per heavy atom. The van der Waals surface area contributed by atoms with Crippen molar-refractivity contribution in [2.75, 3.05) is 12.4 Å². The van der Waals surface area contributed by atoms with Gasteiger partial charge in [0.1, 0.15) is 11.8 Å². The van der Waals surface area contributed by atoms with E-state index in [1.54, 1.807) is 7.11 Å². The second-order valence-electron chi connectivity index (χ2n) is 7.37. The van der Waals surface area contributed by atoms with E-state index in [-0.39, 0.29) is 24.2 Å². The molecule has 0 saturated carbocycles. The van der Waals surface area contributed by atoms with Gasteiger partial charge in [0.15, 0.2) is 0 Å². The molecule has 0 radical (unpaired) electrons. The first-order chi connectivity index (χ1) is 13.9. The number of benzene rings is 2. The number of rotatable bonds is 8. The van der Waals surface area contributed by atoms with Gasteiger partial charge in [-0.05, 0) is 42.2 Å². The lowest BCUT2D eigenvalue weighted by Gasteiger charge is -2.19. The summed E-state index contributed by atoms with van der Waals surface area (Å²) in [6, 6.07) is 14.2. The summed E-state index contributed by atoms with van der Waals surface area (Å²) in [6.45, 7) is 4.02. The quantitative estimate of drug-likeness (QED) is 0.546. The number of nitrogens with zero attached hydrogens (tertiary/aromatic N) is 1. The molecular weight excluding hydrogens is 368 g/mol. The number of hydrogen-bond acceptors (Lipinski definition) is 4. The third-order valence-corrected chi connectivity index (χ3v) is 4.49. The highest BCUT2D eigenvalue weighted by Gasteiger charge is 2.23. The molecule has 7 heteroatoms. The molecule has 0 saturated heterocycles. The van der Waals surface area contributed by atoms with Crippen molar-refractivity contribution in [3.05, 3.63) is 54.1 Å². The summed E-state index contributed by atoms with van der Waals surface area (Å²) < 4.78 is 5.19. The monoisotopic (exact) mass is 394 g/mol. The fraction of sp³-hybridized carbons (Fsp3) is 0.318. The zero-order valence-electron chi connectivity index (χ0n) is 16.9. The SMILES string of the molecule is COc1cccc(CC(=O)NC(CC(C)C)C(=O)Nc2nc3ccccc3[nH]2)c1. The number of nitrogens with one attached hydrogen (secondary N) is 3. The number of aromatic nitrogens is 2. The van der Waals surface area contributed by atoms with Gasteiger partial charge in [-0.25, -0.2) is 4.98 Å². The summed E-state index contributed by atoms with van der Waals surface area (Å²) in [5.74, 6) is 0.780. The van der Waals surface area contributed by atoms with E-state index in [0.717, 1.165) is 16.6 Å². The van der Waals surface area contributed by atoms with Crippen molar-refractivity contribution >= 4 is 28.8 Å². The zero-order chi connectivity index (χ0) is 20.8. The van der Waals surface area contributed by atoms with Crippen molar-refractivity contribution in [3.8, 4) is 5.75 Å². The topological polar surface area (TPSA) is 96.1 Å². The molecule has 1 atom stereocenters. The number of carbonyl (C=O) groups is 2. The number of amides is 2. The molecule has 2 aromatic carbocycles. The average Bonchev–Trinajstić information content (AvgIpc) is 3.09. The molecule has 0 fully saturated rings. The van der Waals surface area contributed by atoms with Crippen molar-refractivity contribution in [2.24, 2.45) is 5.92 Å². The highest BCUT2D eigenvalue weighted by atomic mass is 16.5. The normalized spacial score (nSPS) is 12.0. The standard InChI is InChI=1S/C22H26N4O3/c1-14(2)11-19(23-20(27)13-15-7-6-8-16(12-15)29-3)21(28)26-22-24-17-9-4-5-10-18(17)25-22/h4-10,12,14,19H,11,13H2,1-3H3,(H,23,27)(H2,24,25,26,28). The Morgan fingerprint density at radius 1 is 1.14 bits per heavy atom. The molecule has 1 unspecified atom stereocenters. The number of methoxy groups -OCH3 is 1. The number of hydrogen-bond donors (Lipinski definition) is 3. The van der Waals surface area contributed by atoms with Crippen LogP contribution in [0.5, 0.6) is 5.75 Å². The molecule has 0 spiro atoms. The molecule has 3 N–H and O–H groups in total. The van der Waals surface area contributed by atoms with Crippen molar-refractivity contribution in [1.29, 1.82) is 0 Å². The molecule has 7 nitrogen and oxygen atoms in total. The molecule has 0 aliphatic rings. The Hall–Kier alpha value is -3.35. The number of anilines is 1. The van der Waals surface area contributed by atoms with Crippen LogP contribution in [0.1, 0.15) is 25.8 Å². The molecular formula is C22H26N4O3. The molecule has 152 valence electrons. The summed E-state index contributed by atoms with van der Waals surface area (Å²) in [5.41, 5.74) is 2.43. The Morgan fingerprint density at radius 2 is 1.93 bits per heavy atom. The molecule has 1 aromatic heterocycles. The number of H-pyrrole nitrogens is 1. The maximum absolute atomic E-state index is 12.8. The lowest BCUT2D eigenvalue weighted by atomic mass is 10.0. The Bertz CT molecular complexity index is 963. The second kappa shape index (κ2) is 9.23. The van der Waals surface area contributed by atoms with E-state index in [0.29, 0.717) is 18.1 Å². The summed E-state index contributed by atoms with van der Waals surface area (Å²) in [4.78, 5) is 32.8. The number of aromatic amines is 1. The average molecular weight is 394 g/mol. The fourth-order valence-corrected chi connectivity index (χ4v) is 3.13. The lowest BCUT2D eigenvalue weighted by molar-refractivity contribution is -0.126. The van der Waals surface area contributed by atoms with Gasteiger partial charge in [0, 0.05) is 0 Å². The Balaban J connectivity index is 1.67. The van der Waals surface area contributed by atoms with Gasteiger partial charge in [-0.1, -0.05) is 38.1 Å². The molecule has 0 aliphatic carbocycles. The molecule has 0 aliphatic heterocycles. The van der Waals surface area contributed by atoms with Crippen LogP contribution in [0.3, 0.4) is 0 Å². The van der Waals surface area contributed by atoms with Gasteiger partial charge in [-0.15, -0.1) is 0 Å². The van der Waals surface area contributed by atoms with Crippen molar-refractivity contribution in [2.45, 2.75) is 32.7 Å². The zero-order valence-corrected chi connectivity index (χ0v) is 16.9. The minimum absolute atomic E-state index is 0.170. The van der Waals surface area contributed by atoms with Crippen molar-refractivity contribution < 1.29 is 14.3 Å². The van der Waals surface area contributed by atoms with Gasteiger partial charge in [0.25, 0.3) is 0 Å². The molecule has 1 heterocycles. The van der Waals surface area contributed by atoms with Crippen LogP contribution in [0.4, 0.5) is 5.95 Å². The molecule has 29 heavy (non-hydrogen) atoms. The largest absolute Gasteiger partial charge is 0.497 e. The summed E-state index contributed by atoms with van der Waals surface area (Å²) in [5, 5.41) is 5.64. The lowest BCUT2D eigenvalue weighted by Crippen LogP contribution is -2.45. The van der Waals surface area contributed by atoms with E-state index >= 15 is 0 Å². The van der Waals surface area contributed by atoms with Crippen LogP contribution in [0.2, 0.25) is 0 Å². The van der Waals surface area contributed by atoms with Crippen LogP contribution in [-0.2, 0) is 16.0 Å². The highest BCUT2D eigenvalue weighted by molar-refractivity contribution is 5.97. The number of fused-ring (bicyclic) bond motifs is 1.